The zero-order valence-electron chi connectivity index (χ0n) is 12.6. The Hall–Kier alpha value is -1.00. The maximum atomic E-state index is 12.2. The van der Waals surface area contributed by atoms with E-state index in [1.807, 2.05) is 4.90 Å². The Morgan fingerprint density at radius 1 is 1.24 bits per heavy atom. The van der Waals surface area contributed by atoms with E-state index >= 15 is 0 Å². The van der Waals surface area contributed by atoms with E-state index in [1.165, 1.54) is 0 Å². The van der Waals surface area contributed by atoms with Gasteiger partial charge in [-0.15, -0.1) is 0 Å². The van der Waals surface area contributed by atoms with E-state index in [0.717, 1.165) is 25.9 Å². The van der Waals surface area contributed by atoms with Gasteiger partial charge < -0.3 is 9.64 Å². The van der Waals surface area contributed by atoms with Crippen LogP contribution in [0.2, 0.25) is 10.0 Å². The van der Waals surface area contributed by atoms with Gasteiger partial charge in [0.25, 0.3) is 5.91 Å². The molecule has 1 saturated heterocycles. The van der Waals surface area contributed by atoms with Gasteiger partial charge in [-0.3, -0.25) is 9.78 Å². The van der Waals surface area contributed by atoms with Crippen molar-refractivity contribution in [3.63, 3.8) is 0 Å². The van der Waals surface area contributed by atoms with E-state index in [9.17, 15) is 4.79 Å². The zero-order chi connectivity index (χ0) is 15.6. The topological polar surface area (TPSA) is 42.4 Å². The third-order valence-electron chi connectivity index (χ3n) is 3.85. The molecule has 2 rings (SSSR count). The normalized spacial score (nSPS) is 16.1. The van der Waals surface area contributed by atoms with Gasteiger partial charge in [-0.05, 0) is 32.6 Å². The Morgan fingerprint density at radius 2 is 1.76 bits per heavy atom. The molecule has 0 saturated carbocycles. The molecule has 0 aromatic carbocycles. The lowest BCUT2D eigenvalue weighted by Gasteiger charge is -2.30. The lowest BCUT2D eigenvalue weighted by atomic mass is 9.99. The Bertz CT molecular complexity index is 515. The van der Waals surface area contributed by atoms with Crippen LogP contribution in [0.15, 0.2) is 0 Å². The number of nitrogens with zero attached hydrogens (tertiary/aromatic N) is 2. The summed E-state index contributed by atoms with van der Waals surface area (Å²) in [6, 6.07) is 0. The van der Waals surface area contributed by atoms with Gasteiger partial charge in [0, 0.05) is 13.1 Å². The fourth-order valence-corrected chi connectivity index (χ4v) is 2.82. The van der Waals surface area contributed by atoms with Crippen molar-refractivity contribution in [3.8, 4) is 5.75 Å². The number of likely N-dealkylation sites (tertiary alicyclic amines) is 1. The molecule has 4 nitrogen and oxygen atoms in total. The van der Waals surface area contributed by atoms with Gasteiger partial charge in [0.15, 0.2) is 12.4 Å². The number of amides is 1. The van der Waals surface area contributed by atoms with E-state index in [2.05, 4.69) is 11.9 Å². The zero-order valence-corrected chi connectivity index (χ0v) is 14.1. The molecular formula is C15H20Cl2N2O2. The number of rotatable bonds is 3. The third kappa shape index (κ3) is 3.80. The molecule has 0 bridgehead atoms. The highest BCUT2D eigenvalue weighted by atomic mass is 35.5. The summed E-state index contributed by atoms with van der Waals surface area (Å²) in [6.07, 6.45) is 2.08. The van der Waals surface area contributed by atoms with Gasteiger partial charge in [0.2, 0.25) is 0 Å². The molecule has 116 valence electrons. The molecule has 1 aromatic heterocycles. The fourth-order valence-electron chi connectivity index (χ4n) is 2.38. The van der Waals surface area contributed by atoms with Crippen molar-refractivity contribution in [1.82, 2.24) is 9.88 Å². The van der Waals surface area contributed by atoms with Crippen molar-refractivity contribution in [2.24, 2.45) is 5.92 Å². The number of pyridine rings is 1. The maximum Gasteiger partial charge on any atom is 0.260 e. The van der Waals surface area contributed by atoms with Crippen molar-refractivity contribution in [2.45, 2.75) is 33.6 Å². The first-order valence-corrected chi connectivity index (χ1v) is 7.88. The largest absolute Gasteiger partial charge is 0.480 e. The molecule has 0 spiro atoms. The highest BCUT2D eigenvalue weighted by Gasteiger charge is 2.22. The van der Waals surface area contributed by atoms with Crippen molar-refractivity contribution in [2.75, 3.05) is 19.7 Å². The van der Waals surface area contributed by atoms with Crippen LogP contribution in [-0.4, -0.2) is 35.5 Å². The quantitative estimate of drug-likeness (QED) is 0.849. The van der Waals surface area contributed by atoms with Crippen LogP contribution in [0.1, 0.15) is 31.2 Å². The molecule has 1 fully saturated rings. The molecule has 6 heteroatoms. The summed E-state index contributed by atoms with van der Waals surface area (Å²) in [5.74, 6) is 1.01. The minimum Gasteiger partial charge on any atom is -0.480 e. The van der Waals surface area contributed by atoms with E-state index in [0.29, 0.717) is 33.1 Å². The second-order valence-electron chi connectivity index (χ2n) is 5.59. The number of aromatic nitrogens is 1. The standard InChI is InChI=1S/C15H20Cl2N2O2/c1-9-4-6-19(7-5-9)12(20)8-21-15-13(16)10(2)18-11(3)14(15)17/h9H,4-8H2,1-3H3. The maximum absolute atomic E-state index is 12.2. The number of ether oxygens (including phenoxy) is 1. The van der Waals surface area contributed by atoms with E-state index in [-0.39, 0.29) is 12.5 Å². The van der Waals surface area contributed by atoms with Crippen LogP contribution in [0.3, 0.4) is 0 Å². The fraction of sp³-hybridized carbons (Fsp3) is 0.600. The Kier molecular flexibility index (Phi) is 5.33. The number of piperidine rings is 1. The third-order valence-corrected chi connectivity index (χ3v) is 4.74. The second kappa shape index (κ2) is 6.84. The van der Waals surface area contributed by atoms with Gasteiger partial charge in [0.05, 0.1) is 11.4 Å². The molecule has 1 amide bonds. The smallest absolute Gasteiger partial charge is 0.260 e. The van der Waals surface area contributed by atoms with Crippen LogP contribution in [-0.2, 0) is 4.79 Å². The number of aryl methyl sites for hydroxylation is 2. The lowest BCUT2D eigenvalue weighted by molar-refractivity contribution is -0.134. The summed E-state index contributed by atoms with van der Waals surface area (Å²) in [5, 5.41) is 0.733. The summed E-state index contributed by atoms with van der Waals surface area (Å²) in [6.45, 7) is 7.31. The highest BCUT2D eigenvalue weighted by molar-refractivity contribution is 6.37. The lowest BCUT2D eigenvalue weighted by Crippen LogP contribution is -2.40. The van der Waals surface area contributed by atoms with Gasteiger partial charge in [-0.1, -0.05) is 30.1 Å². The Balaban J connectivity index is 2.02. The minimum atomic E-state index is -0.0449. The van der Waals surface area contributed by atoms with Crippen LogP contribution in [0, 0.1) is 19.8 Å². The molecule has 2 heterocycles. The van der Waals surface area contributed by atoms with Crippen LogP contribution in [0.4, 0.5) is 0 Å². The molecule has 0 unspecified atom stereocenters. The predicted octanol–water partition coefficient (Wildman–Crippen LogP) is 3.64. The summed E-state index contributed by atoms with van der Waals surface area (Å²) in [4.78, 5) is 18.2. The highest BCUT2D eigenvalue weighted by Crippen LogP contribution is 2.36. The predicted molar refractivity (Wildman–Crippen MR) is 84.2 cm³/mol. The van der Waals surface area contributed by atoms with Crippen LogP contribution < -0.4 is 4.74 Å². The van der Waals surface area contributed by atoms with Crippen LogP contribution in [0.5, 0.6) is 5.75 Å². The minimum absolute atomic E-state index is 0.0267. The summed E-state index contributed by atoms with van der Waals surface area (Å²) < 4.78 is 5.58. The average molecular weight is 331 g/mol. The van der Waals surface area contributed by atoms with Crippen molar-refractivity contribution >= 4 is 29.1 Å². The monoisotopic (exact) mass is 330 g/mol. The van der Waals surface area contributed by atoms with E-state index in [1.54, 1.807) is 13.8 Å². The summed E-state index contributed by atoms with van der Waals surface area (Å²) in [5.41, 5.74) is 1.29. The molecule has 1 aromatic rings. The molecule has 0 atom stereocenters. The van der Waals surface area contributed by atoms with Gasteiger partial charge >= 0.3 is 0 Å². The second-order valence-corrected chi connectivity index (χ2v) is 6.35. The van der Waals surface area contributed by atoms with Crippen molar-refractivity contribution in [1.29, 1.82) is 0 Å². The van der Waals surface area contributed by atoms with Gasteiger partial charge in [-0.25, -0.2) is 0 Å². The number of carbonyl (C=O) groups is 1. The Morgan fingerprint density at radius 3 is 2.29 bits per heavy atom. The molecular weight excluding hydrogens is 311 g/mol. The first kappa shape index (κ1) is 16.4. The first-order chi connectivity index (χ1) is 9.90. The SMILES string of the molecule is Cc1nc(C)c(Cl)c(OCC(=O)N2CCC(C)CC2)c1Cl. The van der Waals surface area contributed by atoms with Crippen LogP contribution in [0.25, 0.3) is 0 Å². The summed E-state index contributed by atoms with van der Waals surface area (Å²) >= 11 is 12.3. The summed E-state index contributed by atoms with van der Waals surface area (Å²) in [7, 11) is 0. The average Bonchev–Trinajstić information content (AvgIpc) is 2.45. The Labute approximate surface area is 135 Å². The molecule has 0 aliphatic carbocycles. The van der Waals surface area contributed by atoms with E-state index in [4.69, 9.17) is 27.9 Å². The number of hydrogen-bond acceptors (Lipinski definition) is 3. The van der Waals surface area contributed by atoms with Gasteiger partial charge in [0.1, 0.15) is 10.0 Å². The van der Waals surface area contributed by atoms with Crippen LogP contribution >= 0.6 is 23.2 Å². The first-order valence-electron chi connectivity index (χ1n) is 7.13. The molecule has 0 N–H and O–H groups in total. The van der Waals surface area contributed by atoms with E-state index < -0.39 is 0 Å². The van der Waals surface area contributed by atoms with Gasteiger partial charge in [-0.2, -0.15) is 0 Å². The molecule has 1 aliphatic rings. The molecule has 21 heavy (non-hydrogen) atoms. The molecule has 0 radical (unpaired) electrons. The van der Waals surface area contributed by atoms with Crippen molar-refractivity contribution in [3.05, 3.63) is 21.4 Å². The number of carbonyl (C=O) groups excluding carboxylic acids is 1. The number of hydrogen-bond donors (Lipinski definition) is 0. The van der Waals surface area contributed by atoms with Crippen molar-refractivity contribution < 1.29 is 9.53 Å². The number of halogens is 2. The molecule has 1 aliphatic heterocycles.